The lowest BCUT2D eigenvalue weighted by Gasteiger charge is -2.31. The van der Waals surface area contributed by atoms with Gasteiger partial charge < -0.3 is 14.9 Å². The van der Waals surface area contributed by atoms with Crippen molar-refractivity contribution in [2.75, 3.05) is 13.2 Å². The van der Waals surface area contributed by atoms with Crippen molar-refractivity contribution in [1.82, 2.24) is 5.32 Å². The molecule has 29 heavy (non-hydrogen) atoms. The zero-order valence-corrected chi connectivity index (χ0v) is 17.0. The van der Waals surface area contributed by atoms with Crippen LogP contribution in [0.25, 0.3) is 0 Å². The van der Waals surface area contributed by atoms with Gasteiger partial charge in [-0.2, -0.15) is 0 Å². The van der Waals surface area contributed by atoms with Crippen LogP contribution < -0.4 is 5.32 Å². The van der Waals surface area contributed by atoms with Gasteiger partial charge in [0.05, 0.1) is 0 Å². The summed E-state index contributed by atoms with van der Waals surface area (Å²) >= 11 is 0. The maximum Gasteiger partial charge on any atom is 0.329 e. The van der Waals surface area contributed by atoms with Crippen molar-refractivity contribution in [3.8, 4) is 0 Å². The highest BCUT2D eigenvalue weighted by Crippen LogP contribution is 2.33. The maximum absolute atomic E-state index is 12.8. The number of carbonyl (C=O) groups excluding carboxylic acids is 2. The lowest BCUT2D eigenvalue weighted by Crippen LogP contribution is -2.46. The van der Waals surface area contributed by atoms with Crippen molar-refractivity contribution in [3.63, 3.8) is 0 Å². The first-order chi connectivity index (χ1) is 13.9. The van der Waals surface area contributed by atoms with Gasteiger partial charge in [-0.05, 0) is 43.1 Å². The average Bonchev–Trinajstić information content (AvgIpc) is 2.71. The predicted molar refractivity (Wildman–Crippen MR) is 106 cm³/mol. The molecule has 8 nitrogen and oxygen atoms in total. The van der Waals surface area contributed by atoms with Gasteiger partial charge in [0.15, 0.2) is 0 Å². The van der Waals surface area contributed by atoms with Crippen molar-refractivity contribution in [3.05, 3.63) is 46.0 Å². The number of nitrogens with zero attached hydrogens (tertiary/aromatic N) is 1. The lowest BCUT2D eigenvalue weighted by molar-refractivity contribution is -0.757. The minimum Gasteiger partial charge on any atom is -0.462 e. The summed E-state index contributed by atoms with van der Waals surface area (Å²) in [4.78, 5) is 39.6. The highest BCUT2D eigenvalue weighted by molar-refractivity contribution is 5.86. The van der Waals surface area contributed by atoms with E-state index in [1.807, 2.05) is 30.3 Å². The molecule has 1 aliphatic rings. The fourth-order valence-corrected chi connectivity index (χ4v) is 3.74. The van der Waals surface area contributed by atoms with E-state index in [1.54, 1.807) is 0 Å². The summed E-state index contributed by atoms with van der Waals surface area (Å²) in [6.45, 7) is 3.82. The monoisotopic (exact) mass is 406 g/mol. The molecule has 0 aromatic heterocycles. The molecular formula is C21H30N2O6. The Balaban J connectivity index is 1.94. The summed E-state index contributed by atoms with van der Waals surface area (Å²) in [7, 11) is 0. The zero-order valence-electron chi connectivity index (χ0n) is 17.0. The molecule has 1 fully saturated rings. The molecule has 0 aliphatic heterocycles. The van der Waals surface area contributed by atoms with Crippen LogP contribution in [0.2, 0.25) is 0 Å². The van der Waals surface area contributed by atoms with Gasteiger partial charge in [0, 0.05) is 12.3 Å². The quantitative estimate of drug-likeness (QED) is 0.277. The highest BCUT2D eigenvalue weighted by atomic mass is 17.0. The van der Waals surface area contributed by atoms with Crippen LogP contribution in [-0.2, 0) is 25.6 Å². The number of hydrogen-bond acceptors (Lipinski definition) is 6. The molecule has 1 aromatic carbocycles. The minimum absolute atomic E-state index is 0.103. The van der Waals surface area contributed by atoms with E-state index in [9.17, 15) is 19.7 Å². The Kier molecular flexibility index (Phi) is 8.89. The molecule has 1 amide bonds. The second-order valence-corrected chi connectivity index (χ2v) is 7.83. The van der Waals surface area contributed by atoms with E-state index >= 15 is 0 Å². The molecule has 0 spiro atoms. The van der Waals surface area contributed by atoms with Gasteiger partial charge in [0.25, 0.3) is 5.09 Å². The number of amides is 1. The van der Waals surface area contributed by atoms with Crippen LogP contribution in [0.3, 0.4) is 0 Å². The Labute approximate surface area is 171 Å². The normalized spacial score (nSPS) is 20.0. The molecule has 1 aliphatic carbocycles. The van der Waals surface area contributed by atoms with E-state index in [0.717, 1.165) is 31.2 Å². The van der Waals surface area contributed by atoms with Crippen molar-refractivity contribution in [2.24, 2.45) is 17.8 Å². The Morgan fingerprint density at radius 3 is 2.38 bits per heavy atom. The maximum atomic E-state index is 12.8. The molecule has 0 unspecified atom stereocenters. The van der Waals surface area contributed by atoms with E-state index in [2.05, 4.69) is 24.0 Å². The molecule has 1 saturated carbocycles. The van der Waals surface area contributed by atoms with Crippen LogP contribution in [0.15, 0.2) is 30.3 Å². The first-order valence-corrected chi connectivity index (χ1v) is 10.1. The molecule has 1 aromatic rings. The summed E-state index contributed by atoms with van der Waals surface area (Å²) < 4.78 is 5.08. The first-order valence-electron chi connectivity index (χ1n) is 10.1. The number of hydrogen-bond donors (Lipinski definition) is 1. The number of carbonyl (C=O) groups is 2. The van der Waals surface area contributed by atoms with E-state index < -0.39 is 17.1 Å². The molecule has 160 valence electrons. The molecule has 8 heteroatoms. The van der Waals surface area contributed by atoms with Crippen molar-refractivity contribution < 1.29 is 24.3 Å². The highest BCUT2D eigenvalue weighted by Gasteiger charge is 2.31. The Hall–Kier alpha value is -2.64. The van der Waals surface area contributed by atoms with Gasteiger partial charge in [0.2, 0.25) is 5.91 Å². The van der Waals surface area contributed by atoms with Crippen molar-refractivity contribution in [1.29, 1.82) is 0 Å². The van der Waals surface area contributed by atoms with Gasteiger partial charge in [-0.1, -0.05) is 44.2 Å². The lowest BCUT2D eigenvalue weighted by atomic mass is 9.76. The number of ether oxygens (including phenoxy) is 1. The van der Waals surface area contributed by atoms with Crippen LogP contribution >= 0.6 is 0 Å². The van der Waals surface area contributed by atoms with Gasteiger partial charge in [-0.3, -0.25) is 4.79 Å². The fourth-order valence-electron chi connectivity index (χ4n) is 3.74. The van der Waals surface area contributed by atoms with Crippen molar-refractivity contribution >= 4 is 11.9 Å². The van der Waals surface area contributed by atoms with Crippen LogP contribution in [0.4, 0.5) is 0 Å². The summed E-state index contributed by atoms with van der Waals surface area (Å²) in [5, 5.41) is 12.1. The smallest absolute Gasteiger partial charge is 0.329 e. The fraction of sp³-hybridized carbons (Fsp3) is 0.619. The summed E-state index contributed by atoms with van der Waals surface area (Å²) in [6.07, 6.45) is 3.96. The minimum atomic E-state index is -0.940. The molecular weight excluding hydrogens is 376 g/mol. The van der Waals surface area contributed by atoms with Crippen LogP contribution in [0, 0.1) is 27.9 Å². The zero-order chi connectivity index (χ0) is 21.2. The van der Waals surface area contributed by atoms with Gasteiger partial charge in [0.1, 0.15) is 19.3 Å². The van der Waals surface area contributed by atoms with Crippen LogP contribution in [-0.4, -0.2) is 36.2 Å². The summed E-state index contributed by atoms with van der Waals surface area (Å²) in [5.74, 6) is 0.400. The number of benzene rings is 1. The van der Waals surface area contributed by atoms with E-state index in [-0.39, 0.29) is 25.0 Å². The summed E-state index contributed by atoms with van der Waals surface area (Å²) in [6, 6.07) is 8.49. The van der Waals surface area contributed by atoms with Crippen LogP contribution in [0.5, 0.6) is 0 Å². The average molecular weight is 406 g/mol. The summed E-state index contributed by atoms with van der Waals surface area (Å²) in [5.41, 5.74) is 0.889. The molecule has 1 N–H and O–H groups in total. The van der Waals surface area contributed by atoms with Crippen molar-refractivity contribution in [2.45, 2.75) is 52.0 Å². The Morgan fingerprint density at radius 1 is 1.14 bits per heavy atom. The third-order valence-corrected chi connectivity index (χ3v) is 5.49. The third kappa shape index (κ3) is 7.71. The molecule has 0 heterocycles. The van der Waals surface area contributed by atoms with E-state index in [4.69, 9.17) is 4.74 Å². The standard InChI is InChI=1S/C21H30N2O6/c1-15(2)17-8-10-18(11-9-17)20(24)22-19(14-16-6-4-3-5-7-16)21(25)28-12-13-29-23(26)27/h3-7,15,17-19H,8-14H2,1-2H3,(H,22,24)/t17?,18?,19-/m1/s1. The molecule has 2 rings (SSSR count). The third-order valence-electron chi connectivity index (χ3n) is 5.49. The second-order valence-electron chi connectivity index (χ2n) is 7.83. The van der Waals surface area contributed by atoms with Gasteiger partial charge >= 0.3 is 5.97 Å². The van der Waals surface area contributed by atoms with E-state index in [0.29, 0.717) is 18.3 Å². The number of nitrogens with one attached hydrogen (secondary N) is 1. The van der Waals surface area contributed by atoms with E-state index in [1.165, 1.54) is 0 Å². The SMILES string of the molecule is CC(C)C1CCC(C(=O)N[C@H](Cc2ccccc2)C(=O)OCCO[N+](=O)[O-])CC1. The molecule has 0 saturated heterocycles. The topological polar surface area (TPSA) is 108 Å². The number of rotatable bonds is 10. The van der Waals surface area contributed by atoms with Crippen LogP contribution in [0.1, 0.15) is 45.1 Å². The largest absolute Gasteiger partial charge is 0.462 e. The Morgan fingerprint density at radius 2 is 1.79 bits per heavy atom. The first kappa shape index (κ1) is 22.6. The number of esters is 1. The molecule has 0 bridgehead atoms. The molecule has 1 atom stereocenters. The predicted octanol–water partition coefficient (Wildman–Crippen LogP) is 2.93. The second kappa shape index (κ2) is 11.4. The van der Waals surface area contributed by atoms with Gasteiger partial charge in [-0.15, -0.1) is 10.1 Å². The molecule has 0 radical (unpaired) electrons. The van der Waals surface area contributed by atoms with Gasteiger partial charge in [-0.25, -0.2) is 4.79 Å². The Bertz CT molecular complexity index is 671.